The first kappa shape index (κ1) is 12.3. The lowest BCUT2D eigenvalue weighted by atomic mass is 9.96. The topological polar surface area (TPSA) is 31.2 Å². The van der Waals surface area contributed by atoms with Crippen molar-refractivity contribution in [1.82, 2.24) is 4.57 Å². The van der Waals surface area contributed by atoms with E-state index in [9.17, 15) is 4.79 Å². The minimum Gasteiger partial charge on any atom is -0.496 e. The fourth-order valence-electron chi connectivity index (χ4n) is 3.18. The predicted octanol–water partition coefficient (Wildman–Crippen LogP) is 3.56. The van der Waals surface area contributed by atoms with Crippen LogP contribution in [0.15, 0.2) is 24.4 Å². The van der Waals surface area contributed by atoms with Crippen molar-refractivity contribution in [2.45, 2.75) is 25.7 Å². The molecule has 0 saturated heterocycles. The van der Waals surface area contributed by atoms with Gasteiger partial charge in [-0.15, -0.1) is 0 Å². The van der Waals surface area contributed by atoms with Gasteiger partial charge < -0.3 is 9.30 Å². The Morgan fingerprint density at radius 2 is 2.05 bits per heavy atom. The van der Waals surface area contributed by atoms with Crippen LogP contribution in [0.5, 0.6) is 5.75 Å². The summed E-state index contributed by atoms with van der Waals surface area (Å²) in [6.07, 6.45) is 6.37. The second kappa shape index (κ2) is 4.72. The van der Waals surface area contributed by atoms with Crippen molar-refractivity contribution in [3.05, 3.63) is 30.0 Å². The lowest BCUT2D eigenvalue weighted by Crippen LogP contribution is -2.10. The van der Waals surface area contributed by atoms with E-state index in [0.717, 1.165) is 35.1 Å². The molecule has 1 fully saturated rings. The standard InChI is InChI=1S/C16H19NO2/c1-17-10-12(16(18)11-6-3-4-7-11)15-13(17)8-5-9-14(15)19-2/h5,8-11H,3-4,6-7H2,1-2H3. The maximum absolute atomic E-state index is 12.7. The van der Waals surface area contributed by atoms with Crippen molar-refractivity contribution in [3.8, 4) is 5.75 Å². The maximum Gasteiger partial charge on any atom is 0.168 e. The fourth-order valence-corrected chi connectivity index (χ4v) is 3.18. The number of nitrogens with zero attached hydrogens (tertiary/aromatic N) is 1. The Hall–Kier alpha value is -1.77. The number of hydrogen-bond donors (Lipinski definition) is 0. The van der Waals surface area contributed by atoms with Crippen molar-refractivity contribution in [2.24, 2.45) is 13.0 Å². The summed E-state index contributed by atoms with van der Waals surface area (Å²) in [5.41, 5.74) is 1.88. The molecule has 3 rings (SSSR count). The number of rotatable bonds is 3. The van der Waals surface area contributed by atoms with E-state index in [-0.39, 0.29) is 11.7 Å². The average molecular weight is 257 g/mol. The molecule has 19 heavy (non-hydrogen) atoms. The zero-order chi connectivity index (χ0) is 13.4. The fraction of sp³-hybridized carbons (Fsp3) is 0.438. The Bertz CT molecular complexity index is 621. The van der Waals surface area contributed by atoms with Crippen LogP contribution in [0.4, 0.5) is 0 Å². The van der Waals surface area contributed by atoms with Crippen LogP contribution in [0.1, 0.15) is 36.0 Å². The van der Waals surface area contributed by atoms with E-state index in [1.165, 1.54) is 12.8 Å². The molecule has 3 heteroatoms. The highest BCUT2D eigenvalue weighted by molar-refractivity contribution is 6.11. The van der Waals surface area contributed by atoms with Crippen LogP contribution in [0, 0.1) is 5.92 Å². The number of ketones is 1. The zero-order valence-electron chi connectivity index (χ0n) is 11.5. The van der Waals surface area contributed by atoms with Crippen LogP contribution in [0.25, 0.3) is 10.9 Å². The number of methoxy groups -OCH3 is 1. The summed E-state index contributed by atoms with van der Waals surface area (Å²) in [6.45, 7) is 0. The number of fused-ring (bicyclic) bond motifs is 1. The monoisotopic (exact) mass is 257 g/mol. The highest BCUT2D eigenvalue weighted by atomic mass is 16.5. The summed E-state index contributed by atoms with van der Waals surface area (Å²) >= 11 is 0. The Kier molecular flexibility index (Phi) is 3.05. The molecule has 2 aromatic rings. The molecule has 0 radical (unpaired) electrons. The predicted molar refractivity (Wildman–Crippen MR) is 75.8 cm³/mol. The molecule has 0 N–H and O–H groups in total. The second-order valence-corrected chi connectivity index (χ2v) is 5.35. The lowest BCUT2D eigenvalue weighted by molar-refractivity contribution is 0.0924. The Morgan fingerprint density at radius 1 is 1.32 bits per heavy atom. The Labute approximate surface area is 113 Å². The van der Waals surface area contributed by atoms with Gasteiger partial charge in [-0.05, 0) is 25.0 Å². The molecule has 1 aliphatic carbocycles. The number of aromatic nitrogens is 1. The van der Waals surface area contributed by atoms with Crippen LogP contribution in [-0.2, 0) is 7.05 Å². The summed E-state index contributed by atoms with van der Waals surface area (Å²) < 4.78 is 7.44. The molecule has 1 saturated carbocycles. The first-order valence-corrected chi connectivity index (χ1v) is 6.88. The van der Waals surface area contributed by atoms with Gasteiger partial charge in [0.2, 0.25) is 0 Å². The molecule has 100 valence electrons. The van der Waals surface area contributed by atoms with Crippen LogP contribution >= 0.6 is 0 Å². The normalized spacial score (nSPS) is 16.1. The van der Waals surface area contributed by atoms with Gasteiger partial charge in [0.1, 0.15) is 5.75 Å². The quantitative estimate of drug-likeness (QED) is 0.787. The maximum atomic E-state index is 12.7. The first-order chi connectivity index (χ1) is 9.22. The molecule has 3 nitrogen and oxygen atoms in total. The lowest BCUT2D eigenvalue weighted by Gasteiger charge is -2.08. The molecule has 0 aliphatic heterocycles. The minimum absolute atomic E-state index is 0.204. The zero-order valence-corrected chi connectivity index (χ0v) is 11.5. The summed E-state index contributed by atoms with van der Waals surface area (Å²) in [5.74, 6) is 1.28. The van der Waals surface area contributed by atoms with Gasteiger partial charge in [0.15, 0.2) is 5.78 Å². The smallest absolute Gasteiger partial charge is 0.168 e. The van der Waals surface area contributed by atoms with E-state index >= 15 is 0 Å². The summed E-state index contributed by atoms with van der Waals surface area (Å²) in [4.78, 5) is 12.7. The van der Waals surface area contributed by atoms with Crippen LogP contribution < -0.4 is 4.74 Å². The number of ether oxygens (including phenoxy) is 1. The van der Waals surface area contributed by atoms with Crippen molar-refractivity contribution in [3.63, 3.8) is 0 Å². The summed E-state index contributed by atoms with van der Waals surface area (Å²) in [7, 11) is 3.64. The molecular formula is C16H19NO2. The largest absolute Gasteiger partial charge is 0.496 e. The Balaban J connectivity index is 2.15. The third kappa shape index (κ3) is 1.93. The summed E-state index contributed by atoms with van der Waals surface area (Å²) in [6, 6.07) is 5.92. The molecule has 0 atom stereocenters. The van der Waals surface area contributed by atoms with Crippen molar-refractivity contribution in [1.29, 1.82) is 0 Å². The van der Waals surface area contributed by atoms with Crippen molar-refractivity contribution >= 4 is 16.7 Å². The SMILES string of the molecule is COc1cccc2c1c(C(=O)C1CCCC1)cn2C. The first-order valence-electron chi connectivity index (χ1n) is 6.88. The Morgan fingerprint density at radius 3 is 2.74 bits per heavy atom. The third-order valence-corrected chi connectivity index (χ3v) is 4.19. The van der Waals surface area contributed by atoms with Crippen LogP contribution in [0.3, 0.4) is 0 Å². The number of carbonyl (C=O) groups is 1. The van der Waals surface area contributed by atoms with Gasteiger partial charge in [-0.1, -0.05) is 18.9 Å². The molecular weight excluding hydrogens is 238 g/mol. The molecule has 0 spiro atoms. The van der Waals surface area contributed by atoms with E-state index < -0.39 is 0 Å². The highest BCUT2D eigenvalue weighted by Crippen LogP contribution is 2.35. The van der Waals surface area contributed by atoms with E-state index in [0.29, 0.717) is 0 Å². The molecule has 0 unspecified atom stereocenters. The van der Waals surface area contributed by atoms with E-state index in [1.54, 1.807) is 7.11 Å². The van der Waals surface area contributed by atoms with E-state index in [2.05, 4.69) is 0 Å². The van der Waals surface area contributed by atoms with Gasteiger partial charge in [0.05, 0.1) is 18.0 Å². The van der Waals surface area contributed by atoms with Crippen LogP contribution in [-0.4, -0.2) is 17.5 Å². The molecule has 1 aliphatic rings. The summed E-state index contributed by atoms with van der Waals surface area (Å²) in [5, 5.41) is 0.962. The van der Waals surface area contributed by atoms with Gasteiger partial charge in [-0.25, -0.2) is 0 Å². The van der Waals surface area contributed by atoms with Crippen LogP contribution in [0.2, 0.25) is 0 Å². The minimum atomic E-state index is 0.204. The van der Waals surface area contributed by atoms with Gasteiger partial charge >= 0.3 is 0 Å². The molecule has 0 bridgehead atoms. The van der Waals surface area contributed by atoms with Gasteiger partial charge in [0.25, 0.3) is 0 Å². The van der Waals surface area contributed by atoms with E-state index in [4.69, 9.17) is 4.74 Å². The van der Waals surface area contributed by atoms with Crippen molar-refractivity contribution < 1.29 is 9.53 Å². The molecule has 0 amide bonds. The number of Topliss-reactive ketones (excluding diaryl/α,β-unsaturated/α-hetero) is 1. The average Bonchev–Trinajstić information content (AvgIpc) is 3.06. The number of aryl methyl sites for hydroxylation is 1. The van der Waals surface area contributed by atoms with Crippen molar-refractivity contribution in [2.75, 3.05) is 7.11 Å². The number of benzene rings is 1. The third-order valence-electron chi connectivity index (χ3n) is 4.19. The molecule has 1 aromatic heterocycles. The number of carbonyl (C=O) groups excluding carboxylic acids is 1. The van der Waals surface area contributed by atoms with E-state index in [1.807, 2.05) is 36.0 Å². The molecule has 1 aromatic carbocycles. The molecule has 1 heterocycles. The van der Waals surface area contributed by atoms with Gasteiger partial charge in [-0.3, -0.25) is 4.79 Å². The second-order valence-electron chi connectivity index (χ2n) is 5.35. The highest BCUT2D eigenvalue weighted by Gasteiger charge is 2.27. The number of hydrogen-bond acceptors (Lipinski definition) is 2. The van der Waals surface area contributed by atoms with Gasteiger partial charge in [-0.2, -0.15) is 0 Å². The van der Waals surface area contributed by atoms with Gasteiger partial charge in [0, 0.05) is 24.7 Å².